The zero-order valence-electron chi connectivity index (χ0n) is 8.97. The lowest BCUT2D eigenvalue weighted by molar-refractivity contribution is 0.674. The molecular weight excluding hydrogens is 224 g/mol. The first-order valence-corrected chi connectivity index (χ1v) is 5.50. The Hall–Kier alpha value is -1.39. The lowest BCUT2D eigenvalue weighted by Crippen LogP contribution is -2.10. The molecule has 2 aromatic heterocycles. The Morgan fingerprint density at radius 1 is 1.44 bits per heavy atom. The number of hydrogen-bond acceptors (Lipinski definition) is 3. The Kier molecular flexibility index (Phi) is 3.22. The van der Waals surface area contributed by atoms with Crippen LogP contribution in [0.3, 0.4) is 0 Å². The summed E-state index contributed by atoms with van der Waals surface area (Å²) in [5.74, 6) is 0. The quantitative estimate of drug-likeness (QED) is 0.890. The summed E-state index contributed by atoms with van der Waals surface area (Å²) < 4.78 is 1.68. The number of aromatic nitrogens is 3. The fourth-order valence-electron chi connectivity index (χ4n) is 1.40. The summed E-state index contributed by atoms with van der Waals surface area (Å²) in [5.41, 5.74) is 7.65. The third-order valence-electron chi connectivity index (χ3n) is 2.41. The molecule has 0 bridgehead atoms. The van der Waals surface area contributed by atoms with Crippen LogP contribution in [0, 0.1) is 0 Å². The van der Waals surface area contributed by atoms with Gasteiger partial charge in [0.05, 0.1) is 28.8 Å². The van der Waals surface area contributed by atoms with Gasteiger partial charge in [-0.3, -0.25) is 4.98 Å². The molecule has 0 amide bonds. The van der Waals surface area contributed by atoms with Gasteiger partial charge in [-0.15, -0.1) is 0 Å². The third-order valence-corrected chi connectivity index (χ3v) is 2.60. The van der Waals surface area contributed by atoms with Gasteiger partial charge in [-0.2, -0.15) is 5.10 Å². The molecule has 4 nitrogen and oxygen atoms in total. The Bertz CT molecular complexity index is 463. The van der Waals surface area contributed by atoms with E-state index in [0.29, 0.717) is 5.02 Å². The number of hydrogen-bond donors (Lipinski definition) is 1. The van der Waals surface area contributed by atoms with Gasteiger partial charge in [0.2, 0.25) is 0 Å². The van der Waals surface area contributed by atoms with Crippen molar-refractivity contribution in [3.8, 4) is 5.69 Å². The largest absolute Gasteiger partial charge is 0.323 e. The molecule has 16 heavy (non-hydrogen) atoms. The van der Waals surface area contributed by atoms with E-state index in [9.17, 15) is 0 Å². The summed E-state index contributed by atoms with van der Waals surface area (Å²) in [6.45, 7) is 2.04. The molecule has 2 N–H and O–H groups in total. The van der Waals surface area contributed by atoms with Crippen LogP contribution in [0.1, 0.15) is 25.1 Å². The van der Waals surface area contributed by atoms with E-state index < -0.39 is 0 Å². The van der Waals surface area contributed by atoms with E-state index in [-0.39, 0.29) is 6.04 Å². The van der Waals surface area contributed by atoms with Gasteiger partial charge < -0.3 is 5.73 Å². The van der Waals surface area contributed by atoms with E-state index >= 15 is 0 Å². The molecule has 0 spiro atoms. The highest BCUT2D eigenvalue weighted by molar-refractivity contribution is 6.30. The summed E-state index contributed by atoms with van der Waals surface area (Å²) in [7, 11) is 0. The fourth-order valence-corrected chi connectivity index (χ4v) is 1.54. The summed E-state index contributed by atoms with van der Waals surface area (Å²) in [6.07, 6.45) is 5.94. The highest BCUT2D eigenvalue weighted by atomic mass is 35.5. The molecule has 0 aliphatic heterocycles. The van der Waals surface area contributed by atoms with Crippen LogP contribution in [-0.4, -0.2) is 14.8 Å². The zero-order valence-corrected chi connectivity index (χ0v) is 9.72. The van der Waals surface area contributed by atoms with Crippen LogP contribution in [0.2, 0.25) is 5.02 Å². The van der Waals surface area contributed by atoms with Gasteiger partial charge >= 0.3 is 0 Å². The van der Waals surface area contributed by atoms with E-state index in [0.717, 1.165) is 17.8 Å². The number of nitrogens with zero attached hydrogens (tertiary/aromatic N) is 3. The van der Waals surface area contributed by atoms with Crippen molar-refractivity contribution >= 4 is 11.6 Å². The Labute approximate surface area is 99.1 Å². The molecule has 5 heteroatoms. The fraction of sp³-hybridized carbons (Fsp3) is 0.273. The number of nitrogens with two attached hydrogens (primary N) is 1. The number of pyridine rings is 1. The smallest absolute Gasteiger partial charge is 0.0829 e. The van der Waals surface area contributed by atoms with Crippen LogP contribution in [0.4, 0.5) is 0 Å². The molecule has 2 heterocycles. The van der Waals surface area contributed by atoms with Crippen molar-refractivity contribution in [2.75, 3.05) is 0 Å². The number of rotatable bonds is 3. The molecule has 0 fully saturated rings. The van der Waals surface area contributed by atoms with E-state index in [2.05, 4.69) is 10.1 Å². The Balaban J connectivity index is 2.25. The zero-order chi connectivity index (χ0) is 11.5. The molecule has 0 radical (unpaired) electrons. The molecule has 2 rings (SSSR count). The van der Waals surface area contributed by atoms with E-state index in [1.165, 1.54) is 0 Å². The van der Waals surface area contributed by atoms with Crippen molar-refractivity contribution in [2.45, 2.75) is 19.4 Å². The molecule has 1 atom stereocenters. The minimum atomic E-state index is -0.00439. The highest BCUT2D eigenvalue weighted by Crippen LogP contribution is 2.14. The summed E-state index contributed by atoms with van der Waals surface area (Å²) in [6, 6.07) is 3.84. The van der Waals surface area contributed by atoms with Gasteiger partial charge in [-0.05, 0) is 18.6 Å². The van der Waals surface area contributed by atoms with Crippen LogP contribution in [-0.2, 0) is 0 Å². The van der Waals surface area contributed by atoms with Gasteiger partial charge in [-0.1, -0.05) is 18.5 Å². The van der Waals surface area contributed by atoms with E-state index in [1.807, 2.05) is 19.1 Å². The summed E-state index contributed by atoms with van der Waals surface area (Å²) >= 11 is 5.79. The molecular formula is C11H13ClN4. The third kappa shape index (κ3) is 2.23. The summed E-state index contributed by atoms with van der Waals surface area (Å²) in [4.78, 5) is 4.31. The second kappa shape index (κ2) is 4.63. The first-order chi connectivity index (χ1) is 7.70. The average Bonchev–Trinajstić information content (AvgIpc) is 2.75. The first-order valence-electron chi connectivity index (χ1n) is 5.12. The standard InChI is InChI=1S/C11H13ClN4/c1-2-10(13)11-4-3-9(6-14-11)16-7-8(12)5-15-16/h3-7,10H,2,13H2,1H3/t10-/m1/s1. The van der Waals surface area contributed by atoms with Gasteiger partial charge in [0.15, 0.2) is 0 Å². The maximum absolute atomic E-state index is 5.88. The van der Waals surface area contributed by atoms with Gasteiger partial charge in [0.25, 0.3) is 0 Å². The second-order valence-corrected chi connectivity index (χ2v) is 4.00. The molecule has 0 unspecified atom stereocenters. The molecule has 2 aromatic rings. The van der Waals surface area contributed by atoms with E-state index in [1.54, 1.807) is 23.3 Å². The highest BCUT2D eigenvalue weighted by Gasteiger charge is 2.05. The van der Waals surface area contributed by atoms with Crippen LogP contribution >= 0.6 is 11.6 Å². The molecule has 0 aliphatic rings. The van der Waals surface area contributed by atoms with Crippen molar-refractivity contribution in [3.63, 3.8) is 0 Å². The molecule has 0 aromatic carbocycles. The molecule has 0 saturated carbocycles. The minimum absolute atomic E-state index is 0.00439. The lowest BCUT2D eigenvalue weighted by Gasteiger charge is -2.08. The molecule has 0 saturated heterocycles. The van der Waals surface area contributed by atoms with Crippen LogP contribution in [0.5, 0.6) is 0 Å². The number of halogens is 1. The van der Waals surface area contributed by atoms with Gasteiger partial charge in [0.1, 0.15) is 0 Å². The predicted octanol–water partition coefficient (Wildman–Crippen LogP) is 2.33. The minimum Gasteiger partial charge on any atom is -0.323 e. The first kappa shape index (κ1) is 11.1. The van der Waals surface area contributed by atoms with Crippen LogP contribution < -0.4 is 5.73 Å². The summed E-state index contributed by atoms with van der Waals surface area (Å²) in [5, 5.41) is 4.70. The second-order valence-electron chi connectivity index (χ2n) is 3.56. The van der Waals surface area contributed by atoms with Crippen LogP contribution in [0.15, 0.2) is 30.7 Å². The Morgan fingerprint density at radius 3 is 2.75 bits per heavy atom. The Morgan fingerprint density at radius 2 is 2.25 bits per heavy atom. The topological polar surface area (TPSA) is 56.7 Å². The van der Waals surface area contributed by atoms with Crippen molar-refractivity contribution in [3.05, 3.63) is 41.4 Å². The van der Waals surface area contributed by atoms with Crippen molar-refractivity contribution in [1.82, 2.24) is 14.8 Å². The maximum atomic E-state index is 5.88. The van der Waals surface area contributed by atoms with E-state index in [4.69, 9.17) is 17.3 Å². The van der Waals surface area contributed by atoms with Gasteiger partial charge in [0, 0.05) is 12.2 Å². The predicted molar refractivity (Wildman–Crippen MR) is 63.6 cm³/mol. The maximum Gasteiger partial charge on any atom is 0.0829 e. The van der Waals surface area contributed by atoms with Crippen LogP contribution in [0.25, 0.3) is 5.69 Å². The van der Waals surface area contributed by atoms with Gasteiger partial charge in [-0.25, -0.2) is 4.68 Å². The normalized spacial score (nSPS) is 12.7. The average molecular weight is 237 g/mol. The van der Waals surface area contributed by atoms with Crippen molar-refractivity contribution in [1.29, 1.82) is 0 Å². The SMILES string of the molecule is CC[C@@H](N)c1ccc(-n2cc(Cl)cn2)cn1. The van der Waals surface area contributed by atoms with Crippen molar-refractivity contribution in [2.24, 2.45) is 5.73 Å². The lowest BCUT2D eigenvalue weighted by atomic mass is 10.1. The molecule has 0 aliphatic carbocycles. The molecule has 84 valence electrons. The monoisotopic (exact) mass is 236 g/mol. The van der Waals surface area contributed by atoms with Crippen molar-refractivity contribution < 1.29 is 0 Å².